The van der Waals surface area contributed by atoms with Crippen molar-refractivity contribution in [1.29, 1.82) is 0 Å². The molecular weight excluding hydrogens is 602 g/mol. The van der Waals surface area contributed by atoms with E-state index in [1.807, 2.05) is 44.2 Å². The molecule has 13 heteroatoms. The number of carbonyl (C=O) groups excluding carboxylic acids is 5. The Morgan fingerprint density at radius 1 is 0.936 bits per heavy atom. The maximum atomic E-state index is 13.3. The van der Waals surface area contributed by atoms with Crippen LogP contribution in [0.15, 0.2) is 79.1 Å². The summed E-state index contributed by atoms with van der Waals surface area (Å²) >= 11 is 0. The molecule has 0 saturated carbocycles. The predicted octanol–water partition coefficient (Wildman–Crippen LogP) is 2.37. The van der Waals surface area contributed by atoms with Crippen molar-refractivity contribution < 1.29 is 28.7 Å². The van der Waals surface area contributed by atoms with E-state index in [9.17, 15) is 24.0 Å². The first-order valence-electron chi connectivity index (χ1n) is 15.2. The van der Waals surface area contributed by atoms with E-state index in [4.69, 9.17) is 4.74 Å². The van der Waals surface area contributed by atoms with Gasteiger partial charge in [0, 0.05) is 60.8 Å². The highest BCUT2D eigenvalue weighted by Gasteiger charge is 2.55. The van der Waals surface area contributed by atoms with Crippen molar-refractivity contribution >= 4 is 40.6 Å². The lowest BCUT2D eigenvalue weighted by Gasteiger charge is -2.46. The van der Waals surface area contributed by atoms with E-state index in [0.29, 0.717) is 11.3 Å². The van der Waals surface area contributed by atoms with Crippen molar-refractivity contribution in [1.82, 2.24) is 35.7 Å². The monoisotopic (exact) mass is 635 g/mol. The van der Waals surface area contributed by atoms with E-state index < -0.39 is 35.8 Å². The highest BCUT2D eigenvalue weighted by molar-refractivity contribution is 6.23. The number of nitrogens with one attached hydrogen (secondary N) is 3. The van der Waals surface area contributed by atoms with E-state index >= 15 is 0 Å². The van der Waals surface area contributed by atoms with E-state index in [-0.39, 0.29) is 43.8 Å². The third-order valence-electron chi connectivity index (χ3n) is 8.47. The zero-order valence-corrected chi connectivity index (χ0v) is 25.9. The Morgan fingerprint density at radius 2 is 1.64 bits per heavy atom. The van der Waals surface area contributed by atoms with Gasteiger partial charge in [0.2, 0.25) is 0 Å². The molecule has 2 aliphatic heterocycles. The molecule has 0 aliphatic carbocycles. The molecule has 6 rings (SSSR count). The molecule has 2 aromatic heterocycles. The minimum absolute atomic E-state index is 0.146. The summed E-state index contributed by atoms with van der Waals surface area (Å²) in [7, 11) is 0. The Hall–Kier alpha value is -5.69. The standard InChI is InChI=1S/C34H33N7O6/c1-21-18-27(26-7-3-4-8-28(26)37-21)22(2)47-25-11-9-23(10-12-25)29(42)36-20-34(31(44)38-33(46)39-32(34)45)41-16-14-40(15-17-41)30(43)24-6-5-13-35-19-24/h3-13,18-19,22H,14-17,20H2,1-2H3,(H,36,42)(H2,38,39,44,45,46). The topological polar surface area (TPSA) is 163 Å². The minimum Gasteiger partial charge on any atom is -0.486 e. The van der Waals surface area contributed by atoms with Gasteiger partial charge in [-0.3, -0.25) is 44.7 Å². The number of hydrogen-bond donors (Lipinski definition) is 3. The quantitative estimate of drug-likeness (QED) is 0.247. The number of nitrogens with zero attached hydrogens (tertiary/aromatic N) is 4. The van der Waals surface area contributed by atoms with Gasteiger partial charge in [-0.05, 0) is 62.4 Å². The maximum Gasteiger partial charge on any atom is 0.328 e. The van der Waals surface area contributed by atoms with Crippen LogP contribution >= 0.6 is 0 Å². The molecule has 13 nitrogen and oxygen atoms in total. The molecule has 4 aromatic rings. The fraction of sp³-hybridized carbons (Fsp3) is 0.265. The van der Waals surface area contributed by atoms with Crippen molar-refractivity contribution in [2.75, 3.05) is 32.7 Å². The van der Waals surface area contributed by atoms with E-state index in [1.165, 1.54) is 6.20 Å². The number of imide groups is 2. The Labute approximate surface area is 270 Å². The Balaban J connectivity index is 1.13. The smallest absolute Gasteiger partial charge is 0.328 e. The van der Waals surface area contributed by atoms with Crippen LogP contribution < -0.4 is 20.7 Å². The number of barbiturate groups is 1. The fourth-order valence-corrected chi connectivity index (χ4v) is 6.01. The number of urea groups is 1. The maximum absolute atomic E-state index is 13.3. The van der Waals surface area contributed by atoms with Gasteiger partial charge in [-0.1, -0.05) is 18.2 Å². The molecule has 3 N–H and O–H groups in total. The van der Waals surface area contributed by atoms with Crippen LogP contribution in [0.2, 0.25) is 0 Å². The summed E-state index contributed by atoms with van der Waals surface area (Å²) in [6.45, 7) is 4.20. The van der Waals surface area contributed by atoms with Crippen molar-refractivity contribution in [3.63, 3.8) is 0 Å². The molecular formula is C34H33N7O6. The molecule has 2 fully saturated rings. The van der Waals surface area contributed by atoms with Crippen LogP contribution in [0, 0.1) is 6.92 Å². The third-order valence-corrected chi connectivity index (χ3v) is 8.47. The number of rotatable bonds is 8. The zero-order valence-electron chi connectivity index (χ0n) is 25.9. The van der Waals surface area contributed by atoms with E-state index in [1.54, 1.807) is 52.4 Å². The van der Waals surface area contributed by atoms with Crippen LogP contribution in [-0.2, 0) is 9.59 Å². The lowest BCUT2D eigenvalue weighted by atomic mass is 9.91. The molecule has 2 saturated heterocycles. The highest BCUT2D eigenvalue weighted by Crippen LogP contribution is 2.28. The molecule has 240 valence electrons. The number of para-hydroxylation sites is 1. The van der Waals surface area contributed by atoms with Gasteiger partial charge in [-0.15, -0.1) is 0 Å². The van der Waals surface area contributed by atoms with Crippen LogP contribution in [0.5, 0.6) is 5.75 Å². The van der Waals surface area contributed by atoms with E-state index in [2.05, 4.69) is 25.9 Å². The Bertz CT molecular complexity index is 1840. The van der Waals surface area contributed by atoms with Gasteiger partial charge in [-0.25, -0.2) is 4.79 Å². The van der Waals surface area contributed by atoms with Gasteiger partial charge in [0.15, 0.2) is 5.54 Å². The van der Waals surface area contributed by atoms with Gasteiger partial charge in [-0.2, -0.15) is 0 Å². The third kappa shape index (κ3) is 6.25. The number of piperazine rings is 1. The largest absolute Gasteiger partial charge is 0.486 e. The molecule has 6 amide bonds. The van der Waals surface area contributed by atoms with Gasteiger partial charge in [0.1, 0.15) is 11.9 Å². The molecule has 1 atom stereocenters. The van der Waals surface area contributed by atoms with Crippen LogP contribution in [0.1, 0.15) is 45.0 Å². The molecule has 0 spiro atoms. The number of pyridine rings is 2. The summed E-state index contributed by atoms with van der Waals surface area (Å²) in [5.74, 6) is -1.90. The number of amides is 6. The van der Waals surface area contributed by atoms with Crippen LogP contribution in [0.4, 0.5) is 4.79 Å². The Kier molecular flexibility index (Phi) is 8.63. The molecule has 2 aliphatic rings. The number of ether oxygens (including phenoxy) is 1. The van der Waals surface area contributed by atoms with Crippen molar-refractivity contribution in [2.24, 2.45) is 0 Å². The first kappa shape index (κ1) is 31.3. The summed E-state index contributed by atoms with van der Waals surface area (Å²) in [6, 6.07) is 18.8. The minimum atomic E-state index is -1.91. The average molecular weight is 636 g/mol. The number of benzene rings is 2. The average Bonchev–Trinajstić information content (AvgIpc) is 3.08. The van der Waals surface area contributed by atoms with Crippen LogP contribution in [0.25, 0.3) is 10.9 Å². The number of fused-ring (bicyclic) bond motifs is 1. The molecule has 2 aromatic carbocycles. The number of hydrogen-bond acceptors (Lipinski definition) is 9. The summed E-state index contributed by atoms with van der Waals surface area (Å²) in [5.41, 5.74) is 1.55. The highest BCUT2D eigenvalue weighted by atomic mass is 16.5. The normalized spacial score (nSPS) is 17.1. The molecule has 0 bridgehead atoms. The van der Waals surface area contributed by atoms with Crippen molar-refractivity contribution in [2.45, 2.75) is 25.5 Å². The summed E-state index contributed by atoms with van der Waals surface area (Å²) in [6.07, 6.45) is 2.75. The number of aryl methyl sites for hydroxylation is 1. The Morgan fingerprint density at radius 3 is 2.32 bits per heavy atom. The predicted molar refractivity (Wildman–Crippen MR) is 170 cm³/mol. The summed E-state index contributed by atoms with van der Waals surface area (Å²) in [5, 5.41) is 8.03. The lowest BCUT2D eigenvalue weighted by Crippen LogP contribution is -2.78. The zero-order chi connectivity index (χ0) is 33.1. The SMILES string of the molecule is Cc1cc(C(C)Oc2ccc(C(=O)NCC3(N4CCN(C(=O)c5cccnc5)CC4)C(=O)NC(=O)NC3=O)cc2)c2ccccc2n1. The summed E-state index contributed by atoms with van der Waals surface area (Å²) in [4.78, 5) is 76.5. The lowest BCUT2D eigenvalue weighted by molar-refractivity contribution is -0.148. The molecule has 1 unspecified atom stereocenters. The van der Waals surface area contributed by atoms with Crippen molar-refractivity contribution in [3.05, 3.63) is 102 Å². The van der Waals surface area contributed by atoms with E-state index in [0.717, 1.165) is 22.2 Å². The molecule has 47 heavy (non-hydrogen) atoms. The number of aromatic nitrogens is 2. The first-order chi connectivity index (χ1) is 22.7. The summed E-state index contributed by atoms with van der Waals surface area (Å²) < 4.78 is 6.21. The van der Waals surface area contributed by atoms with Crippen molar-refractivity contribution in [3.8, 4) is 5.75 Å². The molecule has 0 radical (unpaired) electrons. The van der Waals surface area contributed by atoms with Gasteiger partial charge in [0.05, 0.1) is 17.6 Å². The molecule has 4 heterocycles. The van der Waals surface area contributed by atoms with Crippen LogP contribution in [-0.4, -0.2) is 87.7 Å². The fourth-order valence-electron chi connectivity index (χ4n) is 6.01. The van der Waals surface area contributed by atoms with Gasteiger partial charge < -0.3 is 15.0 Å². The first-order valence-corrected chi connectivity index (χ1v) is 15.2. The van der Waals surface area contributed by atoms with Gasteiger partial charge >= 0.3 is 6.03 Å². The second kappa shape index (κ2) is 13.0. The second-order valence-electron chi connectivity index (χ2n) is 11.5. The van der Waals surface area contributed by atoms with Gasteiger partial charge in [0.25, 0.3) is 23.6 Å². The number of carbonyl (C=O) groups is 5. The second-order valence-corrected chi connectivity index (χ2v) is 11.5. The van der Waals surface area contributed by atoms with Crippen LogP contribution in [0.3, 0.4) is 0 Å².